The number of methoxy groups -OCH3 is 2. The molecule has 2 aromatic carbocycles. The van der Waals surface area contributed by atoms with Crippen LogP contribution >= 0.6 is 0 Å². The van der Waals surface area contributed by atoms with Crippen molar-refractivity contribution in [3.8, 4) is 22.8 Å². The first-order valence-electron chi connectivity index (χ1n) is 11.3. The van der Waals surface area contributed by atoms with Crippen molar-refractivity contribution in [2.75, 3.05) is 52.0 Å². The second kappa shape index (κ2) is 12.6. The molecule has 0 saturated heterocycles. The highest BCUT2D eigenvalue weighted by Gasteiger charge is 2.08. The molecule has 0 aliphatic carbocycles. The van der Waals surface area contributed by atoms with E-state index in [1.54, 1.807) is 20.4 Å². The number of carbonyl (C=O) groups excluding carboxylic acids is 1. The van der Waals surface area contributed by atoms with Gasteiger partial charge in [-0.3, -0.25) is 4.79 Å². The summed E-state index contributed by atoms with van der Waals surface area (Å²) in [5.41, 5.74) is 3.58. The monoisotopic (exact) mass is 463 g/mol. The number of ether oxygens (including phenoxy) is 2. The van der Waals surface area contributed by atoms with Crippen molar-refractivity contribution in [3.05, 3.63) is 60.3 Å². The van der Waals surface area contributed by atoms with Crippen LogP contribution < -0.4 is 20.1 Å². The van der Waals surface area contributed by atoms with Crippen LogP contribution in [0.25, 0.3) is 11.3 Å². The minimum Gasteiger partial charge on any atom is -0.493 e. The van der Waals surface area contributed by atoms with Gasteiger partial charge < -0.3 is 25.0 Å². The Kier molecular flexibility index (Phi) is 9.22. The molecule has 0 aliphatic rings. The Bertz CT molecular complexity index is 1090. The quantitative estimate of drug-likeness (QED) is 0.418. The van der Waals surface area contributed by atoms with Gasteiger partial charge in [-0.2, -0.15) is 0 Å². The highest BCUT2D eigenvalue weighted by Crippen LogP contribution is 2.27. The molecular formula is C26H33N5O3. The maximum absolute atomic E-state index is 12.2. The maximum Gasteiger partial charge on any atom is 0.224 e. The molecule has 0 aliphatic heterocycles. The third kappa shape index (κ3) is 7.45. The van der Waals surface area contributed by atoms with Gasteiger partial charge in [-0.1, -0.05) is 18.2 Å². The van der Waals surface area contributed by atoms with Crippen molar-refractivity contribution >= 4 is 17.5 Å². The Morgan fingerprint density at radius 1 is 1.03 bits per heavy atom. The van der Waals surface area contributed by atoms with Crippen LogP contribution in [0, 0.1) is 0 Å². The topological polar surface area (TPSA) is 88.6 Å². The Balaban J connectivity index is 1.59. The lowest BCUT2D eigenvalue weighted by Gasteiger charge is -2.11. The summed E-state index contributed by atoms with van der Waals surface area (Å²) in [4.78, 5) is 23.3. The van der Waals surface area contributed by atoms with Crippen molar-refractivity contribution < 1.29 is 14.3 Å². The zero-order chi connectivity index (χ0) is 24.3. The second-order valence-corrected chi connectivity index (χ2v) is 8.17. The molecule has 0 bridgehead atoms. The van der Waals surface area contributed by atoms with E-state index in [4.69, 9.17) is 9.47 Å². The van der Waals surface area contributed by atoms with Crippen LogP contribution in [0.5, 0.6) is 11.5 Å². The number of amides is 1. The molecule has 180 valence electrons. The molecule has 0 atom stereocenters. The largest absolute Gasteiger partial charge is 0.493 e. The summed E-state index contributed by atoms with van der Waals surface area (Å²) in [5, 5.41) is 6.26. The minimum absolute atomic E-state index is 0.0132. The molecule has 8 nitrogen and oxygen atoms in total. The number of hydrogen-bond acceptors (Lipinski definition) is 7. The number of carbonyl (C=O) groups is 1. The smallest absolute Gasteiger partial charge is 0.224 e. The van der Waals surface area contributed by atoms with Crippen molar-refractivity contribution in [2.45, 2.75) is 19.3 Å². The Morgan fingerprint density at radius 3 is 2.62 bits per heavy atom. The van der Waals surface area contributed by atoms with Gasteiger partial charge in [0, 0.05) is 30.4 Å². The third-order valence-electron chi connectivity index (χ3n) is 5.25. The summed E-state index contributed by atoms with van der Waals surface area (Å²) in [6.07, 6.45) is 3.82. The fraction of sp³-hybridized carbons (Fsp3) is 0.346. The fourth-order valence-electron chi connectivity index (χ4n) is 3.50. The molecule has 3 aromatic rings. The van der Waals surface area contributed by atoms with Crippen molar-refractivity contribution in [3.63, 3.8) is 0 Å². The summed E-state index contributed by atoms with van der Waals surface area (Å²) in [6.45, 7) is 1.55. The number of nitrogens with zero attached hydrogens (tertiary/aromatic N) is 3. The summed E-state index contributed by atoms with van der Waals surface area (Å²) >= 11 is 0. The van der Waals surface area contributed by atoms with Gasteiger partial charge in [0.15, 0.2) is 11.5 Å². The zero-order valence-corrected chi connectivity index (χ0v) is 20.3. The van der Waals surface area contributed by atoms with Crippen molar-refractivity contribution in [1.29, 1.82) is 0 Å². The number of benzene rings is 2. The normalized spacial score (nSPS) is 10.7. The average molecular weight is 464 g/mol. The molecule has 0 unspecified atom stereocenters. The highest BCUT2D eigenvalue weighted by molar-refractivity contribution is 5.91. The van der Waals surface area contributed by atoms with Crippen LogP contribution in [0.1, 0.15) is 18.4 Å². The van der Waals surface area contributed by atoms with E-state index in [0.717, 1.165) is 41.9 Å². The van der Waals surface area contributed by atoms with Crippen LogP contribution in [-0.2, 0) is 11.2 Å². The SMILES string of the molecule is COc1ccc(CCNc2nccc(-c3cccc(NC(=O)CCCN(C)C)c3)n2)cc1OC. The molecule has 34 heavy (non-hydrogen) atoms. The van der Waals surface area contributed by atoms with Crippen molar-refractivity contribution in [1.82, 2.24) is 14.9 Å². The number of aromatic nitrogens is 2. The first-order chi connectivity index (χ1) is 16.5. The van der Waals surface area contributed by atoms with Crippen LogP contribution in [0.2, 0.25) is 0 Å². The molecule has 0 fully saturated rings. The number of anilines is 2. The maximum atomic E-state index is 12.2. The van der Waals surface area contributed by atoms with Crippen LogP contribution in [0.3, 0.4) is 0 Å². The molecular weight excluding hydrogens is 430 g/mol. The van der Waals surface area contributed by atoms with E-state index in [9.17, 15) is 4.79 Å². The summed E-state index contributed by atoms with van der Waals surface area (Å²) in [5.74, 6) is 1.99. The lowest BCUT2D eigenvalue weighted by molar-refractivity contribution is -0.116. The number of nitrogens with one attached hydrogen (secondary N) is 2. The molecule has 8 heteroatoms. The molecule has 0 radical (unpaired) electrons. The standard InChI is InChI=1S/C26H33N5O3/c1-31(2)16-6-9-25(32)29-21-8-5-7-20(18-21)22-13-15-28-26(30-22)27-14-12-19-10-11-23(33-3)24(17-19)34-4/h5,7-8,10-11,13,15,17-18H,6,9,12,14,16H2,1-4H3,(H,29,32)(H,27,28,30). The first-order valence-corrected chi connectivity index (χ1v) is 11.3. The van der Waals surface area contributed by atoms with E-state index < -0.39 is 0 Å². The van der Waals surface area contributed by atoms with Crippen molar-refractivity contribution in [2.24, 2.45) is 0 Å². The first kappa shape index (κ1) is 25.0. The van der Waals surface area contributed by atoms with Gasteiger partial charge >= 0.3 is 0 Å². The van der Waals surface area contributed by atoms with Gasteiger partial charge in [0.05, 0.1) is 19.9 Å². The van der Waals surface area contributed by atoms with Gasteiger partial charge in [-0.15, -0.1) is 0 Å². The Morgan fingerprint density at radius 2 is 1.85 bits per heavy atom. The average Bonchev–Trinajstić information content (AvgIpc) is 2.84. The molecule has 3 rings (SSSR count). The number of rotatable bonds is 12. The van der Waals surface area contributed by atoms with Crippen LogP contribution in [0.15, 0.2) is 54.7 Å². The van der Waals surface area contributed by atoms with Gasteiger partial charge in [0.2, 0.25) is 11.9 Å². The summed E-state index contributed by atoms with van der Waals surface area (Å²) in [6, 6.07) is 15.4. The molecule has 0 spiro atoms. The lowest BCUT2D eigenvalue weighted by Crippen LogP contribution is -2.17. The Labute approximate surface area is 201 Å². The zero-order valence-electron chi connectivity index (χ0n) is 20.3. The lowest BCUT2D eigenvalue weighted by atomic mass is 10.1. The number of hydrogen-bond donors (Lipinski definition) is 2. The van der Waals surface area contributed by atoms with E-state index in [0.29, 0.717) is 30.4 Å². The third-order valence-corrected chi connectivity index (χ3v) is 5.25. The molecule has 2 N–H and O–H groups in total. The fourth-order valence-corrected chi connectivity index (χ4v) is 3.50. The van der Waals surface area contributed by atoms with Gasteiger partial charge in [-0.25, -0.2) is 9.97 Å². The molecule has 1 amide bonds. The van der Waals surface area contributed by atoms with E-state index >= 15 is 0 Å². The summed E-state index contributed by atoms with van der Waals surface area (Å²) in [7, 11) is 7.26. The van der Waals surface area contributed by atoms with E-state index in [1.807, 2.05) is 62.6 Å². The molecule has 1 heterocycles. The van der Waals surface area contributed by atoms with Crippen LogP contribution in [-0.4, -0.2) is 62.2 Å². The predicted molar refractivity (Wildman–Crippen MR) is 136 cm³/mol. The molecule has 0 saturated carbocycles. The van der Waals surface area contributed by atoms with E-state index in [2.05, 4.69) is 25.5 Å². The summed E-state index contributed by atoms with van der Waals surface area (Å²) < 4.78 is 10.7. The van der Waals surface area contributed by atoms with Gasteiger partial charge in [-0.05, 0) is 69.4 Å². The minimum atomic E-state index is 0.0132. The van der Waals surface area contributed by atoms with Gasteiger partial charge in [0.25, 0.3) is 0 Å². The van der Waals surface area contributed by atoms with E-state index in [-0.39, 0.29) is 5.91 Å². The van der Waals surface area contributed by atoms with Crippen LogP contribution in [0.4, 0.5) is 11.6 Å². The Hall–Kier alpha value is -3.65. The van der Waals surface area contributed by atoms with E-state index in [1.165, 1.54) is 0 Å². The predicted octanol–water partition coefficient (Wildman–Crippen LogP) is 4.10. The molecule has 1 aromatic heterocycles. The highest BCUT2D eigenvalue weighted by atomic mass is 16.5. The second-order valence-electron chi connectivity index (χ2n) is 8.17. The van der Waals surface area contributed by atoms with Gasteiger partial charge in [0.1, 0.15) is 0 Å².